The van der Waals surface area contributed by atoms with Crippen molar-refractivity contribution in [1.82, 2.24) is 4.90 Å². The van der Waals surface area contributed by atoms with Crippen LogP contribution in [0.5, 0.6) is 5.75 Å². The summed E-state index contributed by atoms with van der Waals surface area (Å²) in [5.41, 5.74) is 0. The fourth-order valence-corrected chi connectivity index (χ4v) is 4.88. The molecule has 7 heteroatoms. The maximum absolute atomic E-state index is 12.7. The van der Waals surface area contributed by atoms with Crippen LogP contribution in [0.1, 0.15) is 22.5 Å². The maximum Gasteiger partial charge on any atom is 0.327 e. The van der Waals surface area contributed by atoms with Crippen molar-refractivity contribution in [2.45, 2.75) is 24.3 Å². The van der Waals surface area contributed by atoms with Crippen LogP contribution in [-0.4, -0.2) is 46.2 Å². The van der Waals surface area contributed by atoms with Gasteiger partial charge in [0.15, 0.2) is 0 Å². The van der Waals surface area contributed by atoms with E-state index in [1.165, 1.54) is 18.4 Å². The topological polar surface area (TPSA) is 66.8 Å². The van der Waals surface area contributed by atoms with Crippen LogP contribution in [0, 0.1) is 5.92 Å². The number of amides is 1. The monoisotopic (exact) mass is 313 g/mol. The second-order valence-corrected chi connectivity index (χ2v) is 7.01. The number of aliphatic carboxylic acids is 1. The second kappa shape index (κ2) is 5.29. The van der Waals surface area contributed by atoms with Crippen LogP contribution in [0.3, 0.4) is 0 Å². The van der Waals surface area contributed by atoms with Gasteiger partial charge < -0.3 is 14.7 Å². The fraction of sp³-hybridized carbons (Fsp3) is 0.538. The molecular formula is C13H15NO4S2. The Morgan fingerprint density at radius 1 is 1.45 bits per heavy atom. The van der Waals surface area contributed by atoms with Gasteiger partial charge >= 0.3 is 5.97 Å². The quantitative estimate of drug-likeness (QED) is 0.922. The highest BCUT2D eigenvalue weighted by atomic mass is 32.2. The summed E-state index contributed by atoms with van der Waals surface area (Å²) in [6, 6.07) is 1.01. The highest BCUT2D eigenvalue weighted by Gasteiger charge is 2.48. The van der Waals surface area contributed by atoms with Gasteiger partial charge in [-0.15, -0.1) is 23.1 Å². The van der Waals surface area contributed by atoms with E-state index in [9.17, 15) is 14.7 Å². The van der Waals surface area contributed by atoms with Crippen LogP contribution in [0.15, 0.2) is 11.4 Å². The molecule has 2 heterocycles. The number of carboxylic acid groups (broad SMARTS) is 1. The second-order valence-electron chi connectivity index (χ2n) is 4.95. The summed E-state index contributed by atoms with van der Waals surface area (Å²) in [6.45, 7) is 0. The van der Waals surface area contributed by atoms with E-state index in [-0.39, 0.29) is 11.3 Å². The van der Waals surface area contributed by atoms with Crippen LogP contribution in [-0.2, 0) is 4.79 Å². The SMILES string of the molecule is COc1ccsc1C(=O)N1C(C(=O)O)CSC1C1CC1. The smallest absolute Gasteiger partial charge is 0.327 e. The Labute approximate surface area is 124 Å². The number of nitrogens with zero attached hydrogens (tertiary/aromatic N) is 1. The number of carbonyl (C=O) groups excluding carboxylic acids is 1. The van der Waals surface area contributed by atoms with E-state index in [0.29, 0.717) is 22.3 Å². The molecule has 1 aromatic heterocycles. The molecule has 1 aromatic rings. The number of carboxylic acids is 1. The molecule has 2 atom stereocenters. The standard InChI is InChI=1S/C13H15NO4S2/c1-18-9-4-5-19-10(9)11(15)14-8(13(16)17)6-20-12(14)7-2-3-7/h4-5,7-8,12H,2-3,6H2,1H3,(H,16,17). The number of thioether (sulfide) groups is 1. The van der Waals surface area contributed by atoms with Crippen molar-refractivity contribution in [2.75, 3.05) is 12.9 Å². The molecule has 0 bridgehead atoms. The molecule has 1 aliphatic carbocycles. The van der Waals surface area contributed by atoms with Gasteiger partial charge in [-0.3, -0.25) is 4.79 Å². The fourth-order valence-electron chi connectivity index (χ4n) is 2.45. The molecule has 1 amide bonds. The summed E-state index contributed by atoms with van der Waals surface area (Å²) in [5.74, 6) is 0.293. The lowest BCUT2D eigenvalue weighted by Gasteiger charge is -2.27. The van der Waals surface area contributed by atoms with Gasteiger partial charge in [-0.2, -0.15) is 0 Å². The van der Waals surface area contributed by atoms with Crippen molar-refractivity contribution in [1.29, 1.82) is 0 Å². The van der Waals surface area contributed by atoms with E-state index in [1.54, 1.807) is 28.1 Å². The van der Waals surface area contributed by atoms with Crippen molar-refractivity contribution in [3.05, 3.63) is 16.3 Å². The predicted octanol–water partition coefficient (Wildman–Crippen LogP) is 2.13. The third kappa shape index (κ3) is 2.29. The van der Waals surface area contributed by atoms with Gasteiger partial charge in [0.05, 0.1) is 12.5 Å². The molecule has 2 fully saturated rings. The molecule has 0 aromatic carbocycles. The molecule has 3 rings (SSSR count). The van der Waals surface area contributed by atoms with Gasteiger partial charge in [-0.05, 0) is 30.2 Å². The molecule has 1 aliphatic heterocycles. The van der Waals surface area contributed by atoms with Gasteiger partial charge in [-0.25, -0.2) is 4.79 Å². The summed E-state index contributed by atoms with van der Waals surface area (Å²) in [6.07, 6.45) is 2.16. The van der Waals surface area contributed by atoms with E-state index < -0.39 is 12.0 Å². The van der Waals surface area contributed by atoms with Crippen LogP contribution >= 0.6 is 23.1 Å². The van der Waals surface area contributed by atoms with Gasteiger partial charge in [0.25, 0.3) is 5.91 Å². The molecule has 1 saturated heterocycles. The van der Waals surface area contributed by atoms with Gasteiger partial charge in [0.2, 0.25) is 0 Å². The van der Waals surface area contributed by atoms with Crippen molar-refractivity contribution in [2.24, 2.45) is 5.92 Å². The summed E-state index contributed by atoms with van der Waals surface area (Å²) >= 11 is 2.88. The van der Waals surface area contributed by atoms with E-state index in [0.717, 1.165) is 12.8 Å². The Morgan fingerprint density at radius 3 is 2.80 bits per heavy atom. The summed E-state index contributed by atoms with van der Waals surface area (Å²) < 4.78 is 5.18. The number of hydrogen-bond acceptors (Lipinski definition) is 5. The largest absolute Gasteiger partial charge is 0.495 e. The molecule has 108 valence electrons. The molecule has 0 radical (unpaired) electrons. The lowest BCUT2D eigenvalue weighted by atomic mass is 10.2. The van der Waals surface area contributed by atoms with Crippen molar-refractivity contribution in [3.8, 4) is 5.75 Å². The zero-order valence-electron chi connectivity index (χ0n) is 10.9. The Morgan fingerprint density at radius 2 is 2.20 bits per heavy atom. The molecular weight excluding hydrogens is 298 g/mol. The molecule has 2 unspecified atom stereocenters. The lowest BCUT2D eigenvalue weighted by molar-refractivity contribution is -0.141. The van der Waals surface area contributed by atoms with Crippen molar-refractivity contribution in [3.63, 3.8) is 0 Å². The zero-order chi connectivity index (χ0) is 14.3. The van der Waals surface area contributed by atoms with Crippen LogP contribution < -0.4 is 4.74 Å². The number of rotatable bonds is 4. The minimum absolute atomic E-state index is 0.00425. The number of hydrogen-bond donors (Lipinski definition) is 1. The molecule has 0 spiro atoms. The highest BCUT2D eigenvalue weighted by molar-refractivity contribution is 8.00. The molecule has 2 aliphatic rings. The first-order valence-corrected chi connectivity index (χ1v) is 8.35. The highest BCUT2D eigenvalue weighted by Crippen LogP contribution is 2.46. The van der Waals surface area contributed by atoms with Gasteiger partial charge in [0, 0.05) is 5.75 Å². The number of methoxy groups -OCH3 is 1. The minimum Gasteiger partial charge on any atom is -0.495 e. The Bertz CT molecular complexity index is 540. The number of ether oxygens (including phenoxy) is 1. The van der Waals surface area contributed by atoms with Gasteiger partial charge in [-0.1, -0.05) is 0 Å². The molecule has 20 heavy (non-hydrogen) atoms. The predicted molar refractivity (Wildman–Crippen MR) is 77.4 cm³/mol. The van der Waals surface area contributed by atoms with Crippen molar-refractivity contribution >= 4 is 35.0 Å². The minimum atomic E-state index is -0.926. The average molecular weight is 313 g/mol. The van der Waals surface area contributed by atoms with Crippen LogP contribution in [0.2, 0.25) is 0 Å². The zero-order valence-corrected chi connectivity index (χ0v) is 12.6. The first-order valence-electron chi connectivity index (χ1n) is 6.42. The molecule has 5 nitrogen and oxygen atoms in total. The average Bonchev–Trinajstić information content (AvgIpc) is 3.02. The first kappa shape index (κ1) is 13.8. The summed E-state index contributed by atoms with van der Waals surface area (Å²) in [7, 11) is 1.52. The number of thiophene rings is 1. The third-order valence-corrected chi connectivity index (χ3v) is 5.97. The van der Waals surface area contributed by atoms with E-state index >= 15 is 0 Å². The van der Waals surface area contributed by atoms with Gasteiger partial charge in [0.1, 0.15) is 16.7 Å². The van der Waals surface area contributed by atoms with Crippen LogP contribution in [0.4, 0.5) is 0 Å². The van der Waals surface area contributed by atoms with E-state index in [4.69, 9.17) is 4.74 Å². The summed E-state index contributed by atoms with van der Waals surface area (Å²) in [5, 5.41) is 11.1. The maximum atomic E-state index is 12.7. The Balaban J connectivity index is 1.91. The first-order chi connectivity index (χ1) is 9.63. The Kier molecular flexibility index (Phi) is 3.64. The molecule has 1 saturated carbocycles. The summed E-state index contributed by atoms with van der Waals surface area (Å²) in [4.78, 5) is 26.2. The third-order valence-electron chi connectivity index (χ3n) is 3.62. The number of carbonyl (C=O) groups is 2. The van der Waals surface area contributed by atoms with E-state index in [2.05, 4.69) is 0 Å². The Hall–Kier alpha value is -1.21. The normalized spacial score (nSPS) is 25.8. The van der Waals surface area contributed by atoms with E-state index in [1.807, 2.05) is 0 Å². The molecule has 1 N–H and O–H groups in total. The van der Waals surface area contributed by atoms with Crippen molar-refractivity contribution < 1.29 is 19.4 Å². The lowest BCUT2D eigenvalue weighted by Crippen LogP contribution is -2.46. The van der Waals surface area contributed by atoms with Crippen LogP contribution in [0.25, 0.3) is 0 Å².